The van der Waals surface area contributed by atoms with Crippen LogP contribution >= 0.6 is 0 Å². The van der Waals surface area contributed by atoms with Crippen LogP contribution < -0.4 is 0 Å². The fourth-order valence-corrected chi connectivity index (χ4v) is 6.06. The number of aromatic nitrogens is 4. The fourth-order valence-electron chi connectivity index (χ4n) is 6.06. The van der Waals surface area contributed by atoms with Gasteiger partial charge in [0.25, 0.3) is 0 Å². The Morgan fingerprint density at radius 3 is 1.46 bits per heavy atom. The van der Waals surface area contributed by atoms with Crippen LogP contribution in [0.25, 0.3) is 33.2 Å². The van der Waals surface area contributed by atoms with Crippen molar-refractivity contribution >= 4 is 21.8 Å². The van der Waals surface area contributed by atoms with E-state index in [0.717, 1.165) is 44.6 Å². The molecule has 0 fully saturated rings. The molecule has 0 N–H and O–H groups in total. The molecule has 0 radical (unpaired) electrons. The van der Waals surface area contributed by atoms with E-state index >= 15 is 0 Å². The second kappa shape index (κ2) is 11.0. The SMILES string of the molecule is Cc1cc(C)c(C(c2nn(-c3[c-]cccc3)c3ccccc23)c2nn(-c3[c-]cccc3)c3ccccc23)c(C)c1.[Pt+2]. The molecular weight excluding hydrogens is 684 g/mol. The molecule has 0 amide bonds. The molecule has 7 aromatic rings. The molecule has 5 heteroatoms. The molecule has 0 aliphatic rings. The monoisotopic (exact) mass is 711 g/mol. The first-order chi connectivity index (χ1) is 19.6. The quantitative estimate of drug-likeness (QED) is 0.170. The Labute approximate surface area is 254 Å². The van der Waals surface area contributed by atoms with Crippen molar-refractivity contribution in [3.05, 3.63) is 155 Å². The summed E-state index contributed by atoms with van der Waals surface area (Å²) >= 11 is 0. The third-order valence-corrected chi connectivity index (χ3v) is 7.65. The van der Waals surface area contributed by atoms with Gasteiger partial charge in [-0.05, 0) is 61.0 Å². The summed E-state index contributed by atoms with van der Waals surface area (Å²) in [5, 5.41) is 12.9. The molecule has 202 valence electrons. The van der Waals surface area contributed by atoms with Crippen molar-refractivity contribution in [3.63, 3.8) is 0 Å². The Bertz CT molecular complexity index is 1850. The molecule has 0 aliphatic carbocycles. The number of hydrogen-bond acceptors (Lipinski definition) is 2. The van der Waals surface area contributed by atoms with E-state index in [1.54, 1.807) is 0 Å². The standard InChI is InChI=1S/C36H28N4.Pt/c1-24-22-25(2)33(26(3)23-24)34(35-29-18-10-12-20-31(29)39(37-35)27-14-6-4-7-15-27)36-30-19-11-13-21-32(30)40(38-36)28-16-8-5-9-17-28;/h4-14,16,18-23,34H,1-3H3;/q-2;+2. The van der Waals surface area contributed by atoms with E-state index in [1.807, 2.05) is 45.8 Å². The van der Waals surface area contributed by atoms with E-state index in [1.165, 1.54) is 22.3 Å². The number of aryl methyl sites for hydroxylation is 3. The first-order valence-electron chi connectivity index (χ1n) is 13.6. The molecule has 0 saturated carbocycles. The van der Waals surface area contributed by atoms with E-state index < -0.39 is 0 Å². The van der Waals surface area contributed by atoms with E-state index in [2.05, 4.69) is 106 Å². The largest absolute Gasteiger partial charge is 2.00 e. The summed E-state index contributed by atoms with van der Waals surface area (Å²) in [6.07, 6.45) is 0. The van der Waals surface area contributed by atoms with Crippen LogP contribution in [0.5, 0.6) is 0 Å². The van der Waals surface area contributed by atoms with E-state index in [9.17, 15) is 0 Å². The van der Waals surface area contributed by atoms with Crippen LogP contribution in [0.15, 0.2) is 109 Å². The Kier molecular flexibility index (Phi) is 7.19. The van der Waals surface area contributed by atoms with Gasteiger partial charge in [-0.25, -0.2) is 0 Å². The Balaban J connectivity index is 0.00000302. The predicted octanol–water partition coefficient (Wildman–Crippen LogP) is 8.07. The summed E-state index contributed by atoms with van der Waals surface area (Å²) < 4.78 is 4.03. The van der Waals surface area contributed by atoms with Gasteiger partial charge in [-0.2, -0.15) is 58.7 Å². The molecule has 4 nitrogen and oxygen atoms in total. The minimum Gasteiger partial charge on any atom is -0.257 e. The van der Waals surface area contributed by atoms with Gasteiger partial charge < -0.3 is 0 Å². The molecule has 41 heavy (non-hydrogen) atoms. The van der Waals surface area contributed by atoms with Gasteiger partial charge in [0, 0.05) is 10.8 Å². The average Bonchev–Trinajstić information content (AvgIpc) is 3.55. The van der Waals surface area contributed by atoms with Crippen LogP contribution in [0.1, 0.15) is 39.6 Å². The maximum absolute atomic E-state index is 5.33. The minimum atomic E-state index is -0.190. The number of benzene rings is 5. The molecule has 5 aromatic carbocycles. The second-order valence-corrected chi connectivity index (χ2v) is 10.4. The van der Waals surface area contributed by atoms with Crippen LogP contribution in [-0.2, 0) is 21.1 Å². The Hall–Kier alpha value is -4.27. The van der Waals surface area contributed by atoms with Gasteiger partial charge in [-0.3, -0.25) is 9.36 Å². The number of fused-ring (bicyclic) bond motifs is 2. The summed E-state index contributed by atoms with van der Waals surface area (Å²) in [5.41, 5.74) is 10.8. The van der Waals surface area contributed by atoms with Crippen molar-refractivity contribution in [2.75, 3.05) is 0 Å². The van der Waals surface area contributed by atoms with Gasteiger partial charge in [0.15, 0.2) is 0 Å². The summed E-state index contributed by atoms with van der Waals surface area (Å²) in [5.74, 6) is -0.190. The van der Waals surface area contributed by atoms with Gasteiger partial charge in [0.1, 0.15) is 0 Å². The molecule has 2 aromatic heterocycles. The topological polar surface area (TPSA) is 35.6 Å². The maximum Gasteiger partial charge on any atom is 2.00 e. The van der Waals surface area contributed by atoms with Crippen LogP contribution in [0.3, 0.4) is 0 Å². The number of nitrogens with zero attached hydrogens (tertiary/aromatic N) is 4. The van der Waals surface area contributed by atoms with Crippen molar-refractivity contribution in [1.29, 1.82) is 0 Å². The van der Waals surface area contributed by atoms with E-state index in [-0.39, 0.29) is 27.0 Å². The maximum atomic E-state index is 5.33. The summed E-state index contributed by atoms with van der Waals surface area (Å²) in [6, 6.07) is 44.2. The van der Waals surface area contributed by atoms with Gasteiger partial charge in [-0.15, -0.1) is 12.1 Å². The molecular formula is C36H28N4Pt. The smallest absolute Gasteiger partial charge is 0.257 e. The molecule has 0 bridgehead atoms. The zero-order chi connectivity index (χ0) is 27.2. The van der Waals surface area contributed by atoms with Gasteiger partial charge in [0.2, 0.25) is 0 Å². The summed E-state index contributed by atoms with van der Waals surface area (Å²) in [4.78, 5) is 0. The summed E-state index contributed by atoms with van der Waals surface area (Å²) in [6.45, 7) is 6.57. The van der Waals surface area contributed by atoms with Gasteiger partial charge in [0.05, 0.1) is 28.3 Å². The molecule has 2 heterocycles. The second-order valence-electron chi connectivity index (χ2n) is 10.4. The zero-order valence-corrected chi connectivity index (χ0v) is 25.3. The van der Waals surface area contributed by atoms with Crippen LogP contribution in [0, 0.1) is 32.9 Å². The first kappa shape index (κ1) is 26.9. The number of hydrogen-bond donors (Lipinski definition) is 0. The number of rotatable bonds is 5. The van der Waals surface area contributed by atoms with Crippen LogP contribution in [0.2, 0.25) is 0 Å². The molecule has 0 atom stereocenters. The first-order valence-corrected chi connectivity index (χ1v) is 13.6. The fraction of sp³-hybridized carbons (Fsp3) is 0.111. The zero-order valence-electron chi connectivity index (χ0n) is 23.1. The molecule has 7 rings (SSSR count). The van der Waals surface area contributed by atoms with Crippen molar-refractivity contribution in [2.45, 2.75) is 26.7 Å². The molecule has 0 unspecified atom stereocenters. The Morgan fingerprint density at radius 2 is 1.02 bits per heavy atom. The number of para-hydroxylation sites is 4. The average molecular weight is 712 g/mol. The third kappa shape index (κ3) is 4.63. The normalized spacial score (nSPS) is 11.3. The van der Waals surface area contributed by atoms with Crippen molar-refractivity contribution in [3.8, 4) is 11.4 Å². The molecule has 0 aliphatic heterocycles. The van der Waals surface area contributed by atoms with Crippen molar-refractivity contribution in [1.82, 2.24) is 19.6 Å². The van der Waals surface area contributed by atoms with Gasteiger partial charge >= 0.3 is 21.1 Å². The van der Waals surface area contributed by atoms with Gasteiger partial charge in [-0.1, -0.05) is 54.1 Å². The van der Waals surface area contributed by atoms with Crippen molar-refractivity contribution in [2.24, 2.45) is 0 Å². The summed E-state index contributed by atoms with van der Waals surface area (Å²) in [7, 11) is 0. The predicted molar refractivity (Wildman–Crippen MR) is 161 cm³/mol. The third-order valence-electron chi connectivity index (χ3n) is 7.65. The molecule has 0 saturated heterocycles. The minimum absolute atomic E-state index is 0. The van der Waals surface area contributed by atoms with E-state index in [4.69, 9.17) is 10.2 Å². The van der Waals surface area contributed by atoms with Crippen LogP contribution in [-0.4, -0.2) is 19.6 Å². The molecule has 0 spiro atoms. The van der Waals surface area contributed by atoms with E-state index in [0.29, 0.717) is 0 Å². The Morgan fingerprint density at radius 1 is 0.585 bits per heavy atom. The van der Waals surface area contributed by atoms with Crippen molar-refractivity contribution < 1.29 is 21.1 Å². The van der Waals surface area contributed by atoms with Crippen LogP contribution in [0.4, 0.5) is 0 Å².